The van der Waals surface area contributed by atoms with E-state index < -0.39 is 0 Å². The lowest BCUT2D eigenvalue weighted by molar-refractivity contribution is -0.134. The lowest BCUT2D eigenvalue weighted by Gasteiger charge is -2.29. The van der Waals surface area contributed by atoms with Crippen molar-refractivity contribution in [3.63, 3.8) is 0 Å². The van der Waals surface area contributed by atoms with Crippen LogP contribution in [0.15, 0.2) is 36.4 Å². The Morgan fingerprint density at radius 3 is 2.30 bits per heavy atom. The standard InChI is InChI=1S/C28H40O2/c1-3-5-7-9-10-22-12-14-23(15-13-22)24-16-17-26-21-27(19-18-25(26)20-24)30-28(29)11-8-6-4-2/h16-23H,3-15H2,1-2H3. The number of unbranched alkanes of at least 4 members (excludes halogenated alkanes) is 5. The van der Waals surface area contributed by atoms with Crippen molar-refractivity contribution >= 4 is 16.7 Å². The number of rotatable bonds is 11. The van der Waals surface area contributed by atoms with Crippen LogP contribution in [0.4, 0.5) is 0 Å². The molecule has 164 valence electrons. The van der Waals surface area contributed by atoms with Crippen molar-refractivity contribution in [2.24, 2.45) is 5.92 Å². The molecule has 2 aromatic rings. The highest BCUT2D eigenvalue weighted by molar-refractivity contribution is 5.85. The molecule has 0 N–H and O–H groups in total. The molecule has 1 aliphatic carbocycles. The topological polar surface area (TPSA) is 26.3 Å². The van der Waals surface area contributed by atoms with Crippen molar-refractivity contribution in [2.75, 3.05) is 0 Å². The lowest BCUT2D eigenvalue weighted by atomic mass is 9.77. The first-order chi connectivity index (χ1) is 14.7. The Labute approximate surface area is 183 Å². The third-order valence-corrected chi connectivity index (χ3v) is 6.84. The molecule has 3 rings (SSSR count). The van der Waals surface area contributed by atoms with Gasteiger partial charge in [-0.25, -0.2) is 0 Å². The summed E-state index contributed by atoms with van der Waals surface area (Å²) in [5.41, 5.74) is 1.48. The summed E-state index contributed by atoms with van der Waals surface area (Å²) >= 11 is 0. The third-order valence-electron chi connectivity index (χ3n) is 6.84. The van der Waals surface area contributed by atoms with Gasteiger partial charge in [-0.15, -0.1) is 0 Å². The quantitative estimate of drug-likeness (QED) is 0.211. The van der Waals surface area contributed by atoms with E-state index in [0.29, 0.717) is 18.1 Å². The molecule has 30 heavy (non-hydrogen) atoms. The molecule has 2 heteroatoms. The first-order valence-corrected chi connectivity index (χ1v) is 12.4. The number of ether oxygens (including phenoxy) is 1. The van der Waals surface area contributed by atoms with Crippen LogP contribution in [0.5, 0.6) is 5.75 Å². The summed E-state index contributed by atoms with van der Waals surface area (Å²) in [5, 5.41) is 2.40. The molecule has 0 spiro atoms. The third kappa shape index (κ3) is 6.86. The first-order valence-electron chi connectivity index (χ1n) is 12.4. The smallest absolute Gasteiger partial charge is 0.311 e. The summed E-state index contributed by atoms with van der Waals surface area (Å²) in [4.78, 5) is 12.0. The predicted molar refractivity (Wildman–Crippen MR) is 127 cm³/mol. The van der Waals surface area contributed by atoms with Gasteiger partial charge in [-0.3, -0.25) is 4.79 Å². The maximum absolute atomic E-state index is 12.0. The molecule has 0 bridgehead atoms. The average molecular weight is 409 g/mol. The number of hydrogen-bond donors (Lipinski definition) is 0. The van der Waals surface area contributed by atoms with Crippen LogP contribution in [-0.4, -0.2) is 5.97 Å². The Kier molecular flexibility index (Phi) is 9.24. The molecule has 1 aliphatic rings. The Balaban J connectivity index is 1.53. The second-order valence-electron chi connectivity index (χ2n) is 9.27. The van der Waals surface area contributed by atoms with Crippen molar-refractivity contribution in [3.8, 4) is 5.75 Å². The summed E-state index contributed by atoms with van der Waals surface area (Å²) in [6.07, 6.45) is 16.1. The Morgan fingerprint density at radius 1 is 0.833 bits per heavy atom. The summed E-state index contributed by atoms with van der Waals surface area (Å²) in [5.74, 6) is 2.21. The number of carbonyl (C=O) groups excluding carboxylic acids is 1. The molecule has 2 aromatic carbocycles. The zero-order valence-electron chi connectivity index (χ0n) is 19.1. The van der Waals surface area contributed by atoms with E-state index in [1.807, 2.05) is 12.1 Å². The number of carbonyl (C=O) groups is 1. The van der Waals surface area contributed by atoms with E-state index >= 15 is 0 Å². The maximum Gasteiger partial charge on any atom is 0.311 e. The van der Waals surface area contributed by atoms with Gasteiger partial charge in [-0.05, 0) is 72.4 Å². The second kappa shape index (κ2) is 12.1. The van der Waals surface area contributed by atoms with E-state index in [4.69, 9.17) is 4.74 Å². The molecule has 0 atom stereocenters. The summed E-state index contributed by atoms with van der Waals surface area (Å²) in [6, 6.07) is 12.9. The van der Waals surface area contributed by atoms with Crippen molar-refractivity contribution in [1.29, 1.82) is 0 Å². The summed E-state index contributed by atoms with van der Waals surface area (Å²) in [7, 11) is 0. The molecule has 0 radical (unpaired) electrons. The van der Waals surface area contributed by atoms with Gasteiger partial charge in [0.05, 0.1) is 0 Å². The van der Waals surface area contributed by atoms with E-state index in [2.05, 4.69) is 38.1 Å². The van der Waals surface area contributed by atoms with E-state index in [1.54, 1.807) is 0 Å². The van der Waals surface area contributed by atoms with Crippen molar-refractivity contribution < 1.29 is 9.53 Å². The van der Waals surface area contributed by atoms with Crippen molar-refractivity contribution in [3.05, 3.63) is 42.0 Å². The number of esters is 1. The molecule has 1 fully saturated rings. The van der Waals surface area contributed by atoms with Crippen LogP contribution in [-0.2, 0) is 4.79 Å². The van der Waals surface area contributed by atoms with E-state index in [0.717, 1.165) is 30.6 Å². The zero-order chi connectivity index (χ0) is 21.2. The van der Waals surface area contributed by atoms with Gasteiger partial charge in [0.2, 0.25) is 0 Å². The largest absolute Gasteiger partial charge is 0.427 e. The van der Waals surface area contributed by atoms with Crippen LogP contribution in [0.2, 0.25) is 0 Å². The minimum Gasteiger partial charge on any atom is -0.427 e. The fourth-order valence-corrected chi connectivity index (χ4v) is 4.91. The average Bonchev–Trinajstić information content (AvgIpc) is 2.77. The fourth-order valence-electron chi connectivity index (χ4n) is 4.91. The molecule has 0 aromatic heterocycles. The zero-order valence-corrected chi connectivity index (χ0v) is 19.1. The molecule has 0 amide bonds. The number of benzene rings is 2. The summed E-state index contributed by atoms with van der Waals surface area (Å²) in [6.45, 7) is 4.43. The highest BCUT2D eigenvalue weighted by Crippen LogP contribution is 2.38. The van der Waals surface area contributed by atoms with E-state index in [-0.39, 0.29) is 5.97 Å². The van der Waals surface area contributed by atoms with Gasteiger partial charge in [0, 0.05) is 6.42 Å². The molecular weight excluding hydrogens is 368 g/mol. The molecule has 0 heterocycles. The van der Waals surface area contributed by atoms with Crippen molar-refractivity contribution in [2.45, 2.75) is 103 Å². The Morgan fingerprint density at radius 2 is 1.53 bits per heavy atom. The molecule has 0 unspecified atom stereocenters. The van der Waals surface area contributed by atoms with Crippen LogP contribution >= 0.6 is 0 Å². The van der Waals surface area contributed by atoms with Crippen LogP contribution in [0.25, 0.3) is 10.8 Å². The Hall–Kier alpha value is -1.83. The lowest BCUT2D eigenvalue weighted by Crippen LogP contribution is -2.13. The van der Waals surface area contributed by atoms with Crippen LogP contribution < -0.4 is 4.74 Å². The summed E-state index contributed by atoms with van der Waals surface area (Å²) < 4.78 is 5.54. The molecular formula is C28H40O2. The SMILES string of the molecule is CCCCCCC1CCC(c2ccc3cc(OC(=O)CCCCC)ccc3c2)CC1. The maximum atomic E-state index is 12.0. The fraction of sp³-hybridized carbons (Fsp3) is 0.607. The van der Waals surface area contributed by atoms with Gasteiger partial charge < -0.3 is 4.74 Å². The highest BCUT2D eigenvalue weighted by atomic mass is 16.5. The van der Waals surface area contributed by atoms with Crippen LogP contribution in [0.1, 0.15) is 109 Å². The first kappa shape index (κ1) is 22.8. The number of fused-ring (bicyclic) bond motifs is 1. The van der Waals surface area contributed by atoms with Crippen LogP contribution in [0.3, 0.4) is 0 Å². The van der Waals surface area contributed by atoms with E-state index in [9.17, 15) is 4.79 Å². The molecule has 2 nitrogen and oxygen atoms in total. The minimum atomic E-state index is -0.120. The van der Waals surface area contributed by atoms with Gasteiger partial charge in [0.1, 0.15) is 5.75 Å². The highest BCUT2D eigenvalue weighted by Gasteiger charge is 2.22. The van der Waals surface area contributed by atoms with E-state index in [1.165, 1.54) is 68.7 Å². The normalized spacial score (nSPS) is 19.1. The van der Waals surface area contributed by atoms with Gasteiger partial charge in [-0.1, -0.05) is 83.1 Å². The molecule has 0 aliphatic heterocycles. The Bertz CT molecular complexity index is 786. The van der Waals surface area contributed by atoms with Crippen molar-refractivity contribution in [1.82, 2.24) is 0 Å². The molecule has 0 saturated heterocycles. The van der Waals surface area contributed by atoms with Gasteiger partial charge in [-0.2, -0.15) is 0 Å². The van der Waals surface area contributed by atoms with Gasteiger partial charge >= 0.3 is 5.97 Å². The minimum absolute atomic E-state index is 0.120. The second-order valence-corrected chi connectivity index (χ2v) is 9.27. The monoisotopic (exact) mass is 408 g/mol. The number of hydrogen-bond acceptors (Lipinski definition) is 2. The van der Waals surface area contributed by atoms with Gasteiger partial charge in [0.25, 0.3) is 0 Å². The van der Waals surface area contributed by atoms with Crippen LogP contribution in [0, 0.1) is 5.92 Å². The predicted octanol–water partition coefficient (Wildman–Crippen LogP) is 8.57. The van der Waals surface area contributed by atoms with Gasteiger partial charge in [0.15, 0.2) is 0 Å². The molecule has 1 saturated carbocycles.